The van der Waals surface area contributed by atoms with Crippen LogP contribution < -0.4 is 16.0 Å². The average Bonchev–Trinajstić information content (AvgIpc) is 2.48. The molecular formula is C15H26N4O. The maximum atomic E-state index is 5.01. The van der Waals surface area contributed by atoms with E-state index in [1.54, 1.807) is 7.11 Å². The maximum absolute atomic E-state index is 5.01. The zero-order chi connectivity index (χ0) is 14.5. The SMILES string of the molecule is CCNC(=NCCCNc1ccccc1)NCCOC. The first-order chi connectivity index (χ1) is 9.86. The molecule has 3 N–H and O–H groups in total. The number of aliphatic imine (C=N–C) groups is 1. The van der Waals surface area contributed by atoms with Crippen molar-refractivity contribution in [2.75, 3.05) is 45.2 Å². The number of nitrogens with one attached hydrogen (secondary N) is 3. The predicted octanol–water partition coefficient (Wildman–Crippen LogP) is 1.69. The van der Waals surface area contributed by atoms with Crippen molar-refractivity contribution in [1.82, 2.24) is 10.6 Å². The Morgan fingerprint density at radius 3 is 2.65 bits per heavy atom. The molecule has 20 heavy (non-hydrogen) atoms. The van der Waals surface area contributed by atoms with Gasteiger partial charge in [-0.2, -0.15) is 0 Å². The van der Waals surface area contributed by atoms with E-state index < -0.39 is 0 Å². The Hall–Kier alpha value is -1.75. The van der Waals surface area contributed by atoms with Gasteiger partial charge >= 0.3 is 0 Å². The average molecular weight is 278 g/mol. The van der Waals surface area contributed by atoms with Gasteiger partial charge in [0.25, 0.3) is 0 Å². The second kappa shape index (κ2) is 11.1. The topological polar surface area (TPSA) is 57.7 Å². The molecule has 0 spiro atoms. The molecule has 0 saturated carbocycles. The number of hydrogen-bond donors (Lipinski definition) is 3. The molecule has 5 nitrogen and oxygen atoms in total. The minimum absolute atomic E-state index is 0.681. The molecule has 0 unspecified atom stereocenters. The summed E-state index contributed by atoms with van der Waals surface area (Å²) in [6.07, 6.45) is 0.996. The quantitative estimate of drug-likeness (QED) is 0.365. The van der Waals surface area contributed by atoms with Gasteiger partial charge in [0.1, 0.15) is 0 Å². The predicted molar refractivity (Wildman–Crippen MR) is 85.4 cm³/mol. The molecular weight excluding hydrogens is 252 g/mol. The van der Waals surface area contributed by atoms with Gasteiger partial charge in [-0.05, 0) is 25.5 Å². The largest absolute Gasteiger partial charge is 0.385 e. The second-order valence-corrected chi connectivity index (χ2v) is 4.33. The van der Waals surface area contributed by atoms with Gasteiger partial charge in [0.15, 0.2) is 5.96 Å². The van der Waals surface area contributed by atoms with Crippen molar-refractivity contribution in [1.29, 1.82) is 0 Å². The normalized spacial score (nSPS) is 11.2. The van der Waals surface area contributed by atoms with Crippen LogP contribution in [0.3, 0.4) is 0 Å². The van der Waals surface area contributed by atoms with Gasteiger partial charge in [-0.25, -0.2) is 0 Å². The van der Waals surface area contributed by atoms with Gasteiger partial charge in [0.05, 0.1) is 6.61 Å². The number of nitrogens with zero attached hydrogens (tertiary/aromatic N) is 1. The summed E-state index contributed by atoms with van der Waals surface area (Å²) < 4.78 is 5.01. The molecule has 0 bridgehead atoms. The van der Waals surface area contributed by atoms with Crippen molar-refractivity contribution in [2.45, 2.75) is 13.3 Å². The van der Waals surface area contributed by atoms with Crippen molar-refractivity contribution in [3.63, 3.8) is 0 Å². The molecule has 0 amide bonds. The molecule has 112 valence electrons. The molecule has 1 aromatic carbocycles. The van der Waals surface area contributed by atoms with Gasteiger partial charge in [-0.3, -0.25) is 4.99 Å². The van der Waals surface area contributed by atoms with Crippen LogP contribution in [0.1, 0.15) is 13.3 Å². The van der Waals surface area contributed by atoms with E-state index in [1.807, 2.05) is 18.2 Å². The first-order valence-electron chi connectivity index (χ1n) is 7.17. The Morgan fingerprint density at radius 1 is 1.15 bits per heavy atom. The lowest BCUT2D eigenvalue weighted by atomic mass is 10.3. The van der Waals surface area contributed by atoms with E-state index in [0.29, 0.717) is 6.61 Å². The van der Waals surface area contributed by atoms with E-state index in [2.05, 4.69) is 40.0 Å². The van der Waals surface area contributed by atoms with Gasteiger partial charge in [0.2, 0.25) is 0 Å². The van der Waals surface area contributed by atoms with Crippen molar-refractivity contribution in [2.24, 2.45) is 4.99 Å². The number of ether oxygens (including phenoxy) is 1. The Morgan fingerprint density at radius 2 is 1.95 bits per heavy atom. The number of benzene rings is 1. The molecule has 0 aliphatic heterocycles. The molecule has 0 aromatic heterocycles. The van der Waals surface area contributed by atoms with Crippen LogP contribution in [0.2, 0.25) is 0 Å². The Bertz CT molecular complexity index is 367. The second-order valence-electron chi connectivity index (χ2n) is 4.33. The molecule has 0 fully saturated rings. The lowest BCUT2D eigenvalue weighted by molar-refractivity contribution is 0.203. The van der Waals surface area contributed by atoms with Crippen LogP contribution in [0.15, 0.2) is 35.3 Å². The molecule has 0 radical (unpaired) electrons. The van der Waals surface area contributed by atoms with Gasteiger partial charge in [-0.1, -0.05) is 18.2 Å². The summed E-state index contributed by atoms with van der Waals surface area (Å²) in [6, 6.07) is 10.2. The van der Waals surface area contributed by atoms with E-state index >= 15 is 0 Å². The standard InChI is InChI=1S/C15H26N4O/c1-3-16-15(19-12-13-20-2)18-11-7-10-17-14-8-5-4-6-9-14/h4-6,8-9,17H,3,7,10-13H2,1-2H3,(H2,16,18,19). The van der Waals surface area contributed by atoms with Gasteiger partial charge in [0, 0.05) is 39.0 Å². The summed E-state index contributed by atoms with van der Waals surface area (Å²) in [5.74, 6) is 0.851. The van der Waals surface area contributed by atoms with Crippen LogP contribution in [0.5, 0.6) is 0 Å². The van der Waals surface area contributed by atoms with Crippen LogP contribution in [-0.4, -0.2) is 45.9 Å². The number of rotatable bonds is 9. The van der Waals surface area contributed by atoms with Crippen LogP contribution in [0.25, 0.3) is 0 Å². The van der Waals surface area contributed by atoms with E-state index in [4.69, 9.17) is 4.74 Å². The maximum Gasteiger partial charge on any atom is 0.191 e. The highest BCUT2D eigenvalue weighted by atomic mass is 16.5. The fourth-order valence-corrected chi connectivity index (χ4v) is 1.67. The van der Waals surface area contributed by atoms with Crippen molar-refractivity contribution < 1.29 is 4.74 Å². The third-order valence-electron chi connectivity index (χ3n) is 2.65. The number of hydrogen-bond acceptors (Lipinski definition) is 3. The lowest BCUT2D eigenvalue weighted by Crippen LogP contribution is -2.39. The summed E-state index contributed by atoms with van der Waals surface area (Å²) >= 11 is 0. The Kier molecular flexibility index (Phi) is 9.06. The highest BCUT2D eigenvalue weighted by molar-refractivity contribution is 5.79. The fourth-order valence-electron chi connectivity index (χ4n) is 1.67. The lowest BCUT2D eigenvalue weighted by Gasteiger charge is -2.11. The molecule has 1 aromatic rings. The zero-order valence-corrected chi connectivity index (χ0v) is 12.5. The first-order valence-corrected chi connectivity index (χ1v) is 7.17. The number of guanidine groups is 1. The van der Waals surface area contributed by atoms with E-state index in [0.717, 1.165) is 44.2 Å². The monoisotopic (exact) mass is 278 g/mol. The third kappa shape index (κ3) is 7.63. The van der Waals surface area contributed by atoms with Gasteiger partial charge < -0.3 is 20.7 Å². The van der Waals surface area contributed by atoms with Crippen LogP contribution in [0.4, 0.5) is 5.69 Å². The smallest absolute Gasteiger partial charge is 0.191 e. The van der Waals surface area contributed by atoms with Gasteiger partial charge in [-0.15, -0.1) is 0 Å². The fraction of sp³-hybridized carbons (Fsp3) is 0.533. The zero-order valence-electron chi connectivity index (χ0n) is 12.5. The summed E-state index contributed by atoms with van der Waals surface area (Å²) in [6.45, 7) is 6.09. The Labute approximate surface area is 121 Å². The van der Waals surface area contributed by atoms with E-state index in [1.165, 1.54) is 0 Å². The van der Waals surface area contributed by atoms with E-state index in [9.17, 15) is 0 Å². The van der Waals surface area contributed by atoms with Crippen molar-refractivity contribution >= 4 is 11.6 Å². The third-order valence-corrected chi connectivity index (χ3v) is 2.65. The molecule has 1 rings (SSSR count). The van der Waals surface area contributed by atoms with Crippen molar-refractivity contribution in [3.8, 4) is 0 Å². The number of anilines is 1. The first kappa shape index (κ1) is 16.3. The summed E-state index contributed by atoms with van der Waals surface area (Å²) in [5.41, 5.74) is 1.15. The van der Waals surface area contributed by atoms with E-state index in [-0.39, 0.29) is 0 Å². The minimum Gasteiger partial charge on any atom is -0.385 e. The molecule has 0 heterocycles. The van der Waals surface area contributed by atoms with Crippen LogP contribution in [0, 0.1) is 0 Å². The van der Waals surface area contributed by atoms with Crippen LogP contribution in [-0.2, 0) is 4.74 Å². The highest BCUT2D eigenvalue weighted by Crippen LogP contribution is 2.04. The number of para-hydroxylation sites is 1. The Balaban J connectivity index is 2.19. The van der Waals surface area contributed by atoms with Crippen LogP contribution >= 0.6 is 0 Å². The molecule has 5 heteroatoms. The summed E-state index contributed by atoms with van der Waals surface area (Å²) in [5, 5.41) is 9.81. The highest BCUT2D eigenvalue weighted by Gasteiger charge is 1.95. The summed E-state index contributed by atoms with van der Waals surface area (Å²) in [7, 11) is 1.70. The minimum atomic E-state index is 0.681. The number of methoxy groups -OCH3 is 1. The molecule has 0 aliphatic rings. The molecule has 0 aliphatic carbocycles. The van der Waals surface area contributed by atoms with Crippen molar-refractivity contribution in [3.05, 3.63) is 30.3 Å². The summed E-state index contributed by atoms with van der Waals surface area (Å²) in [4.78, 5) is 4.52. The molecule has 0 atom stereocenters. The molecule has 0 saturated heterocycles.